The zero-order chi connectivity index (χ0) is 17.9. The van der Waals surface area contributed by atoms with E-state index in [9.17, 15) is 9.59 Å². The Morgan fingerprint density at radius 1 is 1.25 bits per heavy atom. The van der Waals surface area contributed by atoms with E-state index in [1.165, 1.54) is 4.90 Å². The van der Waals surface area contributed by atoms with Gasteiger partial charge in [-0.25, -0.2) is 4.79 Å². The molecule has 0 aliphatic carbocycles. The maximum absolute atomic E-state index is 12.4. The van der Waals surface area contributed by atoms with Crippen molar-refractivity contribution in [3.8, 4) is 0 Å². The lowest BCUT2D eigenvalue weighted by Crippen LogP contribution is -2.42. The van der Waals surface area contributed by atoms with Crippen molar-refractivity contribution in [1.29, 1.82) is 0 Å². The quantitative estimate of drug-likeness (QED) is 0.644. The number of aliphatic carboxylic acids is 1. The summed E-state index contributed by atoms with van der Waals surface area (Å²) in [7, 11) is 3.29. The number of carboxylic acid groups (broad SMARTS) is 1. The number of carbonyl (C=O) groups is 2. The van der Waals surface area contributed by atoms with Crippen LogP contribution in [0.2, 0.25) is 0 Å². The van der Waals surface area contributed by atoms with Gasteiger partial charge >= 0.3 is 12.0 Å². The first-order chi connectivity index (χ1) is 11.5. The van der Waals surface area contributed by atoms with E-state index in [4.69, 9.17) is 9.84 Å². The van der Waals surface area contributed by atoms with Crippen molar-refractivity contribution in [2.24, 2.45) is 5.92 Å². The van der Waals surface area contributed by atoms with E-state index in [0.717, 1.165) is 24.8 Å². The number of methoxy groups -OCH3 is 1. The molecule has 6 heteroatoms. The van der Waals surface area contributed by atoms with E-state index in [-0.39, 0.29) is 18.6 Å². The fourth-order valence-corrected chi connectivity index (χ4v) is 2.43. The number of carboxylic acids is 1. The van der Waals surface area contributed by atoms with Gasteiger partial charge < -0.3 is 20.1 Å². The van der Waals surface area contributed by atoms with Crippen LogP contribution in [0.1, 0.15) is 37.8 Å². The third-order valence-electron chi connectivity index (χ3n) is 3.91. The lowest BCUT2D eigenvalue weighted by Gasteiger charge is -2.25. The van der Waals surface area contributed by atoms with Crippen molar-refractivity contribution in [1.82, 2.24) is 10.2 Å². The van der Waals surface area contributed by atoms with Crippen molar-refractivity contribution in [3.63, 3.8) is 0 Å². The molecule has 0 fully saturated rings. The Hall–Kier alpha value is -2.08. The van der Waals surface area contributed by atoms with Gasteiger partial charge in [0.1, 0.15) is 0 Å². The highest BCUT2D eigenvalue weighted by Gasteiger charge is 2.20. The Balaban J connectivity index is 2.66. The maximum atomic E-state index is 12.4. The van der Waals surface area contributed by atoms with Crippen LogP contribution in [0.4, 0.5) is 4.79 Å². The Morgan fingerprint density at radius 3 is 2.50 bits per heavy atom. The normalized spacial score (nSPS) is 13.1. The maximum Gasteiger partial charge on any atom is 0.317 e. The first-order valence-corrected chi connectivity index (χ1v) is 8.24. The van der Waals surface area contributed by atoms with Gasteiger partial charge in [-0.1, -0.05) is 37.3 Å². The smallest absolute Gasteiger partial charge is 0.317 e. The molecule has 2 atom stereocenters. The summed E-state index contributed by atoms with van der Waals surface area (Å²) in [4.78, 5) is 24.7. The van der Waals surface area contributed by atoms with Gasteiger partial charge in [-0.3, -0.25) is 4.79 Å². The van der Waals surface area contributed by atoms with Gasteiger partial charge in [-0.15, -0.1) is 0 Å². The lowest BCUT2D eigenvalue weighted by molar-refractivity contribution is -0.141. The third kappa shape index (κ3) is 7.00. The van der Waals surface area contributed by atoms with Crippen LogP contribution < -0.4 is 5.32 Å². The van der Waals surface area contributed by atoms with Gasteiger partial charge in [0.05, 0.1) is 12.0 Å². The lowest BCUT2D eigenvalue weighted by atomic mass is 10.0. The zero-order valence-electron chi connectivity index (χ0n) is 14.7. The first-order valence-electron chi connectivity index (χ1n) is 8.24. The van der Waals surface area contributed by atoms with Crippen molar-refractivity contribution in [3.05, 3.63) is 35.9 Å². The molecule has 6 nitrogen and oxygen atoms in total. The number of carbonyl (C=O) groups excluding carboxylic acids is 1. The van der Waals surface area contributed by atoms with Crippen LogP contribution in [0.3, 0.4) is 0 Å². The van der Waals surface area contributed by atoms with E-state index in [1.54, 1.807) is 21.1 Å². The van der Waals surface area contributed by atoms with E-state index in [1.807, 2.05) is 30.3 Å². The monoisotopic (exact) mass is 336 g/mol. The Labute approximate surface area is 143 Å². The highest BCUT2D eigenvalue weighted by Crippen LogP contribution is 2.19. The van der Waals surface area contributed by atoms with Gasteiger partial charge in [0.15, 0.2) is 0 Å². The second-order valence-electron chi connectivity index (χ2n) is 6.02. The van der Waals surface area contributed by atoms with E-state index in [2.05, 4.69) is 5.32 Å². The zero-order valence-corrected chi connectivity index (χ0v) is 14.7. The molecule has 0 bridgehead atoms. The summed E-state index contributed by atoms with van der Waals surface area (Å²) < 4.78 is 5.06. The van der Waals surface area contributed by atoms with E-state index >= 15 is 0 Å². The number of rotatable bonds is 10. The molecular formula is C18H28N2O4. The number of nitrogens with one attached hydrogen (secondary N) is 1. The van der Waals surface area contributed by atoms with Crippen molar-refractivity contribution in [2.45, 2.75) is 32.2 Å². The van der Waals surface area contributed by atoms with Crippen LogP contribution in [-0.4, -0.2) is 49.3 Å². The second-order valence-corrected chi connectivity index (χ2v) is 6.02. The second kappa shape index (κ2) is 10.6. The molecule has 0 spiro atoms. The minimum Gasteiger partial charge on any atom is -0.481 e. The summed E-state index contributed by atoms with van der Waals surface area (Å²) in [5, 5.41) is 12.0. The number of hydrogen-bond acceptors (Lipinski definition) is 3. The van der Waals surface area contributed by atoms with Gasteiger partial charge in [0.2, 0.25) is 0 Å². The molecule has 0 aliphatic heterocycles. The average molecular weight is 336 g/mol. The van der Waals surface area contributed by atoms with Crippen LogP contribution in [0, 0.1) is 5.92 Å². The number of amides is 2. The molecule has 0 heterocycles. The van der Waals surface area contributed by atoms with Gasteiger partial charge in [0.25, 0.3) is 0 Å². The number of nitrogens with zero attached hydrogens (tertiary/aromatic N) is 1. The van der Waals surface area contributed by atoms with Gasteiger partial charge in [-0.2, -0.15) is 0 Å². The first kappa shape index (κ1) is 20.0. The molecule has 1 aromatic rings. The summed E-state index contributed by atoms with van der Waals surface area (Å²) in [6.07, 6.45) is 2.67. The van der Waals surface area contributed by atoms with Crippen LogP contribution in [0.5, 0.6) is 0 Å². The Morgan fingerprint density at radius 2 is 1.92 bits per heavy atom. The van der Waals surface area contributed by atoms with Crippen molar-refractivity contribution < 1.29 is 19.4 Å². The van der Waals surface area contributed by atoms with Crippen LogP contribution in [0.25, 0.3) is 0 Å². The third-order valence-corrected chi connectivity index (χ3v) is 3.91. The molecule has 134 valence electrons. The largest absolute Gasteiger partial charge is 0.481 e. The van der Waals surface area contributed by atoms with Crippen LogP contribution in [0.15, 0.2) is 30.3 Å². The molecular weight excluding hydrogens is 308 g/mol. The number of hydrogen-bond donors (Lipinski definition) is 2. The van der Waals surface area contributed by atoms with Gasteiger partial charge in [-0.05, 0) is 24.8 Å². The number of unbranched alkanes of at least 4 members (excludes halogenated alkanes) is 1. The topological polar surface area (TPSA) is 78.9 Å². The molecule has 2 N–H and O–H groups in total. The van der Waals surface area contributed by atoms with Gasteiger partial charge in [0, 0.05) is 27.3 Å². The highest BCUT2D eigenvalue weighted by atomic mass is 16.5. The summed E-state index contributed by atoms with van der Waals surface area (Å²) in [6, 6.07) is 9.44. The van der Waals surface area contributed by atoms with Crippen molar-refractivity contribution in [2.75, 3.05) is 27.3 Å². The molecule has 0 saturated carbocycles. The SMILES string of the molecule is COCCCCC(NC(=O)N(C)CC(C)C(=O)O)c1ccccc1. The fraction of sp³-hybridized carbons (Fsp3) is 0.556. The Bertz CT molecular complexity index is 507. The van der Waals surface area contributed by atoms with Crippen LogP contribution in [-0.2, 0) is 9.53 Å². The number of benzene rings is 1. The van der Waals surface area contributed by atoms with Crippen molar-refractivity contribution >= 4 is 12.0 Å². The molecule has 0 radical (unpaired) electrons. The minimum atomic E-state index is -0.908. The highest BCUT2D eigenvalue weighted by molar-refractivity contribution is 5.76. The predicted molar refractivity (Wildman–Crippen MR) is 92.9 cm³/mol. The molecule has 0 aliphatic rings. The summed E-state index contributed by atoms with van der Waals surface area (Å²) in [6.45, 7) is 2.46. The number of ether oxygens (including phenoxy) is 1. The molecule has 24 heavy (non-hydrogen) atoms. The standard InChI is InChI=1S/C18H28N2O4/c1-14(17(21)22)13-20(2)18(23)19-16(11-7-8-12-24-3)15-9-5-4-6-10-15/h4-6,9-10,14,16H,7-8,11-13H2,1-3H3,(H,19,23)(H,21,22). The molecule has 2 amide bonds. The van der Waals surface area contributed by atoms with E-state index < -0.39 is 11.9 Å². The predicted octanol–water partition coefficient (Wildman–Crippen LogP) is 2.91. The average Bonchev–Trinajstić information content (AvgIpc) is 2.58. The number of urea groups is 1. The van der Waals surface area contributed by atoms with Crippen LogP contribution >= 0.6 is 0 Å². The molecule has 0 aromatic heterocycles. The summed E-state index contributed by atoms with van der Waals surface area (Å²) >= 11 is 0. The molecule has 1 rings (SSSR count). The minimum absolute atomic E-state index is 0.0989. The fourth-order valence-electron chi connectivity index (χ4n) is 2.43. The molecule has 1 aromatic carbocycles. The van der Waals surface area contributed by atoms with E-state index in [0.29, 0.717) is 6.61 Å². The molecule has 0 saturated heterocycles. The summed E-state index contributed by atoms with van der Waals surface area (Å²) in [5.74, 6) is -1.51. The Kier molecular flexibility index (Phi) is 8.86. The summed E-state index contributed by atoms with van der Waals surface area (Å²) in [5.41, 5.74) is 1.04. The molecule has 2 unspecified atom stereocenters.